The summed E-state index contributed by atoms with van der Waals surface area (Å²) >= 11 is 13.1. The van der Waals surface area contributed by atoms with Gasteiger partial charge in [-0.15, -0.1) is 11.8 Å². The Morgan fingerprint density at radius 3 is 2.66 bits per heavy atom. The molecule has 1 N–H and O–H groups in total. The summed E-state index contributed by atoms with van der Waals surface area (Å²) in [4.78, 5) is 0.945. The number of halogens is 4. The van der Waals surface area contributed by atoms with Crippen LogP contribution in [0, 0.1) is 0 Å². The minimum absolute atomic E-state index is 0.0416. The van der Waals surface area contributed by atoms with E-state index in [0.29, 0.717) is 22.8 Å². The molecule has 12 heteroatoms. The molecular formula is C23H19ClF3N3O2S3. The number of sulfone groups is 1. The summed E-state index contributed by atoms with van der Waals surface area (Å²) in [6.07, 6.45) is -0.636. The molecule has 1 aromatic heterocycles. The molecule has 2 aromatic carbocycles. The van der Waals surface area contributed by atoms with Crippen LogP contribution in [-0.4, -0.2) is 42.2 Å². The first kappa shape index (κ1) is 25.7. The fraction of sp³-hybridized carbons (Fsp3) is 0.217. The van der Waals surface area contributed by atoms with Crippen molar-refractivity contribution >= 4 is 55.3 Å². The Morgan fingerprint density at radius 1 is 1.23 bits per heavy atom. The number of nitrogens with one attached hydrogen (secondary N) is 1. The van der Waals surface area contributed by atoms with Crippen molar-refractivity contribution < 1.29 is 21.6 Å². The second kappa shape index (κ2) is 9.96. The van der Waals surface area contributed by atoms with E-state index in [4.69, 9.17) is 23.8 Å². The minimum atomic E-state index is -4.42. The van der Waals surface area contributed by atoms with Gasteiger partial charge in [0.05, 0.1) is 21.3 Å². The van der Waals surface area contributed by atoms with Crippen molar-refractivity contribution in [2.45, 2.75) is 22.7 Å². The van der Waals surface area contributed by atoms with Gasteiger partial charge < -0.3 is 5.32 Å². The molecule has 0 spiro atoms. The van der Waals surface area contributed by atoms with Gasteiger partial charge >= 0.3 is 6.18 Å². The van der Waals surface area contributed by atoms with Crippen LogP contribution < -0.4 is 5.32 Å². The smallest absolute Gasteiger partial charge is 0.366 e. The second-order valence-corrected chi connectivity index (χ2v) is 11.9. The molecular weight excluding hydrogens is 539 g/mol. The molecule has 3 aromatic rings. The Kier molecular flexibility index (Phi) is 7.33. The van der Waals surface area contributed by atoms with E-state index in [0.717, 1.165) is 16.7 Å². The zero-order valence-corrected chi connectivity index (χ0v) is 21.4. The van der Waals surface area contributed by atoms with Crippen LogP contribution in [0.15, 0.2) is 65.6 Å². The fourth-order valence-electron chi connectivity index (χ4n) is 3.52. The van der Waals surface area contributed by atoms with Crippen LogP contribution in [0.3, 0.4) is 0 Å². The molecule has 0 fully saturated rings. The van der Waals surface area contributed by atoms with Crippen LogP contribution in [-0.2, 0) is 9.84 Å². The van der Waals surface area contributed by atoms with Gasteiger partial charge in [-0.25, -0.2) is 13.1 Å². The van der Waals surface area contributed by atoms with Crippen LogP contribution in [0.25, 0.3) is 10.6 Å². The molecule has 0 radical (unpaired) electrons. The standard InChI is InChI=1S/C23H19ClF3N3O2S3/c1-35(31,32)15-6-4-5-14(11-15)20-9-10-21(34-20)19-12-17(22(33)28-13-23(25,26)27)29-30(19)18-8-3-2-7-16(18)24/h2-8,10-12,20H,9,13H2,1H3,(H,28,33). The number of rotatable bonds is 6. The highest BCUT2D eigenvalue weighted by Crippen LogP contribution is 2.49. The van der Waals surface area contributed by atoms with Crippen molar-refractivity contribution in [2.24, 2.45) is 0 Å². The van der Waals surface area contributed by atoms with Gasteiger partial charge in [-0.1, -0.05) is 54.2 Å². The number of aromatic nitrogens is 2. The maximum absolute atomic E-state index is 12.7. The normalized spacial score (nSPS) is 16.3. The maximum Gasteiger partial charge on any atom is 0.405 e. The van der Waals surface area contributed by atoms with Crippen LogP contribution >= 0.6 is 35.6 Å². The average Bonchev–Trinajstić information content (AvgIpc) is 3.44. The van der Waals surface area contributed by atoms with E-state index in [1.807, 2.05) is 12.1 Å². The number of nitrogens with zero attached hydrogens (tertiary/aromatic N) is 2. The first-order valence-corrected chi connectivity index (χ1v) is 13.9. The van der Waals surface area contributed by atoms with Gasteiger partial charge in [-0.3, -0.25) is 0 Å². The lowest BCUT2D eigenvalue weighted by atomic mass is 10.1. The number of allylic oxidation sites excluding steroid dienone is 1. The summed E-state index contributed by atoms with van der Waals surface area (Å²) in [5.74, 6) is 0. The molecule has 2 heterocycles. The summed E-state index contributed by atoms with van der Waals surface area (Å²) in [7, 11) is -3.35. The lowest BCUT2D eigenvalue weighted by molar-refractivity contribution is -0.121. The van der Waals surface area contributed by atoms with Crippen molar-refractivity contribution in [3.63, 3.8) is 0 Å². The van der Waals surface area contributed by atoms with Crippen molar-refractivity contribution in [1.82, 2.24) is 15.1 Å². The molecule has 5 nitrogen and oxygen atoms in total. The third-order valence-corrected chi connectivity index (χ3v) is 8.33. The number of hydrogen-bond acceptors (Lipinski definition) is 5. The molecule has 1 unspecified atom stereocenters. The number of thioether (sulfide) groups is 1. The monoisotopic (exact) mass is 557 g/mol. The Bertz CT molecular complexity index is 1420. The minimum Gasteiger partial charge on any atom is -0.366 e. The predicted molar refractivity (Wildman–Crippen MR) is 137 cm³/mol. The van der Waals surface area contributed by atoms with E-state index in [2.05, 4.69) is 10.4 Å². The Morgan fingerprint density at radius 2 is 1.97 bits per heavy atom. The number of thiocarbonyl (C=S) groups is 1. The van der Waals surface area contributed by atoms with E-state index in [1.165, 1.54) is 11.8 Å². The molecule has 1 atom stereocenters. The number of benzene rings is 2. The van der Waals surface area contributed by atoms with Crippen LogP contribution in [0.5, 0.6) is 0 Å². The molecule has 35 heavy (non-hydrogen) atoms. The molecule has 0 aliphatic carbocycles. The average molecular weight is 558 g/mol. The van der Waals surface area contributed by atoms with Gasteiger partial charge in [-0.2, -0.15) is 18.3 Å². The number of alkyl halides is 3. The van der Waals surface area contributed by atoms with Crippen molar-refractivity contribution in [3.05, 3.63) is 82.6 Å². The molecule has 0 saturated heterocycles. The molecule has 1 aliphatic heterocycles. The van der Waals surface area contributed by atoms with Crippen LogP contribution in [0.4, 0.5) is 13.2 Å². The van der Waals surface area contributed by atoms with Crippen molar-refractivity contribution in [3.8, 4) is 5.69 Å². The van der Waals surface area contributed by atoms with Crippen molar-refractivity contribution in [2.75, 3.05) is 12.8 Å². The third kappa shape index (κ3) is 6.08. The Hall–Kier alpha value is -2.34. The highest BCUT2D eigenvalue weighted by Gasteiger charge is 2.29. The van der Waals surface area contributed by atoms with E-state index >= 15 is 0 Å². The van der Waals surface area contributed by atoms with E-state index in [9.17, 15) is 21.6 Å². The Labute approximate surface area is 215 Å². The highest BCUT2D eigenvalue weighted by molar-refractivity contribution is 8.08. The first-order chi connectivity index (χ1) is 16.4. The number of hydrogen-bond donors (Lipinski definition) is 1. The van der Waals surface area contributed by atoms with Gasteiger partial charge in [0.25, 0.3) is 0 Å². The third-order valence-electron chi connectivity index (χ3n) is 5.17. The topological polar surface area (TPSA) is 64.0 Å². The first-order valence-electron chi connectivity index (χ1n) is 10.3. The predicted octanol–water partition coefficient (Wildman–Crippen LogP) is 5.98. The van der Waals surface area contributed by atoms with E-state index in [-0.39, 0.29) is 20.8 Å². The Balaban J connectivity index is 1.67. The van der Waals surface area contributed by atoms with Gasteiger partial charge in [-0.05, 0) is 42.3 Å². The maximum atomic E-state index is 12.7. The number of para-hydroxylation sites is 1. The molecule has 184 valence electrons. The van der Waals surface area contributed by atoms with Gasteiger partial charge in [0.2, 0.25) is 0 Å². The summed E-state index contributed by atoms with van der Waals surface area (Å²) in [6.45, 7) is -1.27. The lowest BCUT2D eigenvalue weighted by Crippen LogP contribution is -2.33. The SMILES string of the molecule is CS(=O)(=O)c1cccc(C2CC=C(c3cc(C(=S)NCC(F)(F)F)nn3-c3ccccc3Cl)S2)c1. The van der Waals surface area contributed by atoms with Crippen molar-refractivity contribution in [1.29, 1.82) is 0 Å². The van der Waals surface area contributed by atoms with Gasteiger partial charge in [0.1, 0.15) is 17.2 Å². The zero-order valence-electron chi connectivity index (χ0n) is 18.2. The van der Waals surface area contributed by atoms with Gasteiger partial charge in [0.15, 0.2) is 9.84 Å². The van der Waals surface area contributed by atoms with Crippen LogP contribution in [0.1, 0.15) is 28.6 Å². The lowest BCUT2D eigenvalue weighted by Gasteiger charge is -2.13. The quantitative estimate of drug-likeness (QED) is 0.376. The molecule has 0 saturated carbocycles. The molecule has 0 bridgehead atoms. The van der Waals surface area contributed by atoms with Crippen LogP contribution in [0.2, 0.25) is 5.02 Å². The fourth-order valence-corrected chi connectivity index (χ4v) is 5.83. The summed E-state index contributed by atoms with van der Waals surface area (Å²) in [5, 5.41) is 7.04. The summed E-state index contributed by atoms with van der Waals surface area (Å²) in [6, 6.07) is 15.4. The second-order valence-electron chi connectivity index (χ2n) is 7.83. The largest absolute Gasteiger partial charge is 0.405 e. The van der Waals surface area contributed by atoms with Gasteiger partial charge in [0, 0.05) is 16.4 Å². The van der Waals surface area contributed by atoms with E-state index in [1.54, 1.807) is 53.2 Å². The highest BCUT2D eigenvalue weighted by atomic mass is 35.5. The molecule has 1 aliphatic rings. The summed E-state index contributed by atoms with van der Waals surface area (Å²) < 4.78 is 63.5. The zero-order chi connectivity index (χ0) is 25.4. The van der Waals surface area contributed by atoms with E-state index < -0.39 is 22.6 Å². The summed E-state index contributed by atoms with van der Waals surface area (Å²) in [5.41, 5.74) is 2.22. The molecule has 4 rings (SSSR count). The molecule has 0 amide bonds.